The standard InChI is InChI=1S/C33H42N8O4/c1-20(2)26-15-27(39-33(34)38-26)32(45)41-18-25(14-22-9-6-5-7-10-22)37-31(44)29(21(3)4)40-30(43)24-13-23(16-35-17-24)11-8-12-36-28(42)19-41/h5-7,9-10,13,15-17,20-21,25,29H,8,11-12,14,18-19H2,1-4H3,(H,36,42)(H,37,44)(H,40,43)(H2,34,38,39)/t25-,29-/m1/s1. The van der Waals surface area contributed by atoms with E-state index < -0.39 is 29.8 Å². The summed E-state index contributed by atoms with van der Waals surface area (Å²) in [6.07, 6.45) is 4.68. The summed E-state index contributed by atoms with van der Waals surface area (Å²) in [5, 5.41) is 8.82. The van der Waals surface area contributed by atoms with Crippen LogP contribution in [-0.4, -0.2) is 75.2 Å². The fourth-order valence-electron chi connectivity index (χ4n) is 5.15. The van der Waals surface area contributed by atoms with Crippen LogP contribution >= 0.6 is 0 Å². The van der Waals surface area contributed by atoms with Crippen LogP contribution in [0.2, 0.25) is 0 Å². The van der Waals surface area contributed by atoms with Crippen molar-refractivity contribution in [3.05, 3.63) is 82.9 Å². The molecule has 12 heteroatoms. The van der Waals surface area contributed by atoms with Gasteiger partial charge in [0.05, 0.1) is 18.2 Å². The summed E-state index contributed by atoms with van der Waals surface area (Å²) in [7, 11) is 0. The largest absolute Gasteiger partial charge is 0.368 e. The first-order valence-electron chi connectivity index (χ1n) is 15.3. The minimum absolute atomic E-state index is 0.00271. The van der Waals surface area contributed by atoms with E-state index in [0.717, 1.165) is 11.1 Å². The highest BCUT2D eigenvalue weighted by atomic mass is 16.2. The van der Waals surface area contributed by atoms with Crippen LogP contribution in [0.25, 0.3) is 0 Å². The highest BCUT2D eigenvalue weighted by Gasteiger charge is 2.30. The van der Waals surface area contributed by atoms with E-state index in [4.69, 9.17) is 5.73 Å². The van der Waals surface area contributed by atoms with Gasteiger partial charge in [-0.2, -0.15) is 0 Å². The molecule has 4 amide bonds. The Bertz CT molecular complexity index is 1510. The first-order chi connectivity index (χ1) is 21.5. The van der Waals surface area contributed by atoms with Gasteiger partial charge in [0.15, 0.2) is 0 Å². The molecule has 5 N–H and O–H groups in total. The van der Waals surface area contributed by atoms with Gasteiger partial charge in [0.2, 0.25) is 17.8 Å². The quantitative estimate of drug-likeness (QED) is 0.339. The summed E-state index contributed by atoms with van der Waals surface area (Å²) in [5.41, 5.74) is 8.73. The second-order valence-corrected chi connectivity index (χ2v) is 12.0. The third-order valence-electron chi connectivity index (χ3n) is 7.56. The second-order valence-electron chi connectivity index (χ2n) is 12.0. The van der Waals surface area contributed by atoms with Crippen LogP contribution in [0.1, 0.15) is 77.7 Å². The van der Waals surface area contributed by atoms with Gasteiger partial charge in [0.25, 0.3) is 11.8 Å². The number of fused-ring (bicyclic) bond motifs is 2. The average Bonchev–Trinajstić information content (AvgIpc) is 3.00. The Labute approximate surface area is 263 Å². The minimum Gasteiger partial charge on any atom is -0.368 e. The van der Waals surface area contributed by atoms with E-state index >= 15 is 0 Å². The Balaban J connectivity index is 1.71. The van der Waals surface area contributed by atoms with Gasteiger partial charge in [-0.25, -0.2) is 9.97 Å². The van der Waals surface area contributed by atoms with Gasteiger partial charge < -0.3 is 26.6 Å². The van der Waals surface area contributed by atoms with Crippen LogP contribution in [0, 0.1) is 5.92 Å². The SMILES string of the molecule is CC(C)c1cc(C(=O)N2CC(=O)NCCCc3cncc(c3)C(=O)N[C@H](C(C)C)C(=O)N[C@H](Cc3ccccc3)C2)nc(N)n1. The lowest BCUT2D eigenvalue weighted by Gasteiger charge is -2.30. The van der Waals surface area contributed by atoms with E-state index in [-0.39, 0.29) is 42.5 Å². The highest BCUT2D eigenvalue weighted by molar-refractivity contribution is 5.98. The van der Waals surface area contributed by atoms with Crippen molar-refractivity contribution in [1.82, 2.24) is 35.8 Å². The van der Waals surface area contributed by atoms with Crippen molar-refractivity contribution in [2.24, 2.45) is 5.92 Å². The third-order valence-corrected chi connectivity index (χ3v) is 7.56. The number of benzene rings is 1. The molecule has 3 heterocycles. The predicted octanol–water partition coefficient (Wildman–Crippen LogP) is 2.26. The molecule has 1 aliphatic heterocycles. The number of anilines is 1. The molecule has 12 nitrogen and oxygen atoms in total. The first kappa shape index (κ1) is 33.0. The molecule has 0 radical (unpaired) electrons. The number of carbonyl (C=O) groups excluding carboxylic acids is 4. The zero-order chi connectivity index (χ0) is 32.5. The maximum atomic E-state index is 14.0. The van der Waals surface area contributed by atoms with Gasteiger partial charge in [-0.15, -0.1) is 0 Å². The zero-order valence-corrected chi connectivity index (χ0v) is 26.2. The predicted molar refractivity (Wildman–Crippen MR) is 170 cm³/mol. The first-order valence-corrected chi connectivity index (χ1v) is 15.3. The molecule has 0 saturated carbocycles. The topological polar surface area (TPSA) is 172 Å². The zero-order valence-electron chi connectivity index (χ0n) is 26.2. The van der Waals surface area contributed by atoms with Gasteiger partial charge in [-0.3, -0.25) is 24.2 Å². The Kier molecular flexibility index (Phi) is 11.2. The molecule has 0 spiro atoms. The number of pyridine rings is 1. The van der Waals surface area contributed by atoms with Gasteiger partial charge in [-0.1, -0.05) is 58.0 Å². The van der Waals surface area contributed by atoms with Crippen molar-refractivity contribution in [2.75, 3.05) is 25.4 Å². The van der Waals surface area contributed by atoms with E-state index in [1.54, 1.807) is 18.3 Å². The molecular formula is C33H42N8O4. The summed E-state index contributed by atoms with van der Waals surface area (Å²) in [6, 6.07) is 11.4. The number of hydrogen-bond donors (Lipinski definition) is 4. The molecule has 0 unspecified atom stereocenters. The van der Waals surface area contributed by atoms with Crippen LogP contribution in [-0.2, 0) is 22.4 Å². The number of hydrogen-bond acceptors (Lipinski definition) is 8. The summed E-state index contributed by atoms with van der Waals surface area (Å²) in [6.45, 7) is 7.65. The van der Waals surface area contributed by atoms with Crippen LogP contribution in [0.5, 0.6) is 0 Å². The third kappa shape index (κ3) is 9.31. The maximum Gasteiger partial charge on any atom is 0.273 e. The Morgan fingerprint density at radius 2 is 1.78 bits per heavy atom. The number of carbonyl (C=O) groups is 4. The average molecular weight is 615 g/mol. The number of aryl methyl sites for hydroxylation is 1. The van der Waals surface area contributed by atoms with E-state index in [0.29, 0.717) is 37.1 Å². The Morgan fingerprint density at radius 3 is 2.49 bits per heavy atom. The Morgan fingerprint density at radius 1 is 1.02 bits per heavy atom. The van der Waals surface area contributed by atoms with Crippen molar-refractivity contribution in [3.63, 3.8) is 0 Å². The number of rotatable bonds is 5. The smallest absolute Gasteiger partial charge is 0.273 e. The number of aromatic nitrogens is 3. The fraction of sp³-hybridized carbons (Fsp3) is 0.424. The molecule has 0 fully saturated rings. The molecule has 2 bridgehead atoms. The van der Waals surface area contributed by atoms with Crippen molar-refractivity contribution in [3.8, 4) is 0 Å². The normalized spacial score (nSPS) is 18.6. The molecule has 4 rings (SSSR count). The maximum absolute atomic E-state index is 14.0. The molecule has 1 aliphatic rings. The van der Waals surface area contributed by atoms with Crippen molar-refractivity contribution >= 4 is 29.6 Å². The number of nitrogen functional groups attached to an aromatic ring is 1. The van der Waals surface area contributed by atoms with E-state index in [2.05, 4.69) is 30.9 Å². The number of nitrogens with zero attached hydrogens (tertiary/aromatic N) is 4. The van der Waals surface area contributed by atoms with Gasteiger partial charge in [0.1, 0.15) is 11.7 Å². The van der Waals surface area contributed by atoms with E-state index in [1.165, 1.54) is 11.1 Å². The van der Waals surface area contributed by atoms with Crippen molar-refractivity contribution < 1.29 is 19.2 Å². The molecule has 238 valence electrons. The van der Waals surface area contributed by atoms with Gasteiger partial charge in [0, 0.05) is 31.2 Å². The summed E-state index contributed by atoms with van der Waals surface area (Å²) in [5.74, 6) is -1.97. The lowest BCUT2D eigenvalue weighted by molar-refractivity contribution is -0.124. The summed E-state index contributed by atoms with van der Waals surface area (Å²) >= 11 is 0. The molecule has 2 atom stereocenters. The van der Waals surface area contributed by atoms with Crippen molar-refractivity contribution in [2.45, 2.75) is 65.0 Å². The van der Waals surface area contributed by atoms with Crippen LogP contribution in [0.3, 0.4) is 0 Å². The van der Waals surface area contributed by atoms with Crippen LogP contribution < -0.4 is 21.7 Å². The molecule has 45 heavy (non-hydrogen) atoms. The molecular weight excluding hydrogens is 572 g/mol. The fourth-order valence-corrected chi connectivity index (χ4v) is 5.15. The van der Waals surface area contributed by atoms with Gasteiger partial charge >= 0.3 is 0 Å². The van der Waals surface area contributed by atoms with Crippen LogP contribution in [0.4, 0.5) is 5.95 Å². The summed E-state index contributed by atoms with van der Waals surface area (Å²) in [4.78, 5) is 68.2. The van der Waals surface area contributed by atoms with Crippen LogP contribution in [0.15, 0.2) is 54.9 Å². The summed E-state index contributed by atoms with van der Waals surface area (Å²) < 4.78 is 0. The number of amides is 4. The number of nitrogens with two attached hydrogens (primary N) is 1. The molecule has 0 aliphatic carbocycles. The lowest BCUT2D eigenvalue weighted by Crippen LogP contribution is -2.55. The molecule has 2 aromatic heterocycles. The Hall–Kier alpha value is -4.87. The highest BCUT2D eigenvalue weighted by Crippen LogP contribution is 2.16. The monoisotopic (exact) mass is 614 g/mol. The molecule has 0 saturated heterocycles. The van der Waals surface area contributed by atoms with E-state index in [9.17, 15) is 19.2 Å². The number of nitrogens with one attached hydrogen (secondary N) is 3. The minimum atomic E-state index is -0.863. The molecule has 3 aromatic rings. The van der Waals surface area contributed by atoms with Crippen molar-refractivity contribution in [1.29, 1.82) is 0 Å². The van der Waals surface area contributed by atoms with E-state index in [1.807, 2.05) is 58.0 Å². The second kappa shape index (κ2) is 15.2. The lowest BCUT2D eigenvalue weighted by atomic mass is 10.0. The van der Waals surface area contributed by atoms with Gasteiger partial charge in [-0.05, 0) is 54.4 Å². The molecule has 1 aromatic carbocycles.